The number of benzene rings is 2. The van der Waals surface area contributed by atoms with Crippen LogP contribution in [0.25, 0.3) is 10.9 Å². The first-order valence-corrected chi connectivity index (χ1v) is 13.4. The predicted octanol–water partition coefficient (Wildman–Crippen LogP) is 3.87. The quantitative estimate of drug-likeness (QED) is 0.319. The number of nitrogens with zero attached hydrogens (tertiary/aromatic N) is 3. The number of carbonyl (C=O) groups is 2. The molecule has 0 bridgehead atoms. The van der Waals surface area contributed by atoms with E-state index in [0.29, 0.717) is 58.2 Å². The minimum absolute atomic E-state index is 0.00688. The van der Waals surface area contributed by atoms with Crippen molar-refractivity contribution in [2.75, 3.05) is 66.8 Å². The van der Waals surface area contributed by atoms with Gasteiger partial charge in [0.15, 0.2) is 0 Å². The number of hydrogen-bond acceptors (Lipinski definition) is 5. The summed E-state index contributed by atoms with van der Waals surface area (Å²) < 4.78 is 17.9. The van der Waals surface area contributed by atoms with Gasteiger partial charge >= 0.3 is 0 Å². The molecule has 0 spiro atoms. The molecule has 0 N–H and O–H groups in total. The minimum atomic E-state index is -0.00688. The maximum absolute atomic E-state index is 13.2. The Morgan fingerprint density at radius 2 is 1.61 bits per heavy atom. The highest BCUT2D eigenvalue weighted by atomic mass is 16.5. The maximum Gasteiger partial charge on any atom is 0.256 e. The summed E-state index contributed by atoms with van der Waals surface area (Å²) >= 11 is 0. The third-order valence-corrected chi connectivity index (χ3v) is 7.05. The molecule has 1 saturated heterocycles. The Hall–Kier alpha value is -3.20. The Morgan fingerprint density at radius 1 is 0.921 bits per heavy atom. The van der Waals surface area contributed by atoms with E-state index in [9.17, 15) is 9.59 Å². The maximum atomic E-state index is 13.2. The van der Waals surface area contributed by atoms with E-state index in [-0.39, 0.29) is 11.8 Å². The van der Waals surface area contributed by atoms with Crippen LogP contribution >= 0.6 is 0 Å². The van der Waals surface area contributed by atoms with Crippen molar-refractivity contribution in [3.05, 3.63) is 71.4 Å². The molecule has 0 atom stereocenters. The molecule has 1 fully saturated rings. The zero-order valence-electron chi connectivity index (χ0n) is 22.6. The third-order valence-electron chi connectivity index (χ3n) is 7.05. The fraction of sp³-hybridized carbons (Fsp3) is 0.467. The summed E-state index contributed by atoms with van der Waals surface area (Å²) in [6, 6.07) is 16.0. The molecule has 0 radical (unpaired) electrons. The topological polar surface area (TPSA) is 73.2 Å². The number of unbranched alkanes of at least 4 members (excludes halogenated alkanes) is 1. The van der Waals surface area contributed by atoms with Gasteiger partial charge in [0.05, 0.1) is 32.0 Å². The summed E-state index contributed by atoms with van der Waals surface area (Å²) in [5.41, 5.74) is 3.76. The lowest BCUT2D eigenvalue weighted by Crippen LogP contribution is -2.40. The molecule has 8 nitrogen and oxygen atoms in total. The van der Waals surface area contributed by atoms with Crippen molar-refractivity contribution < 1.29 is 23.8 Å². The van der Waals surface area contributed by atoms with Gasteiger partial charge in [0.25, 0.3) is 11.8 Å². The van der Waals surface area contributed by atoms with E-state index in [1.54, 1.807) is 19.1 Å². The van der Waals surface area contributed by atoms with Crippen LogP contribution in [0.2, 0.25) is 0 Å². The molecule has 3 aromatic rings. The van der Waals surface area contributed by atoms with Gasteiger partial charge in [0.1, 0.15) is 0 Å². The van der Waals surface area contributed by atoms with Gasteiger partial charge in [-0.05, 0) is 43.0 Å². The molecular weight excluding hydrogens is 482 g/mol. The zero-order chi connectivity index (χ0) is 26.7. The Labute approximate surface area is 225 Å². The lowest BCUT2D eigenvalue weighted by Gasteiger charge is -2.26. The van der Waals surface area contributed by atoms with Crippen LogP contribution in [0.3, 0.4) is 0 Å². The fourth-order valence-corrected chi connectivity index (χ4v) is 4.86. The third kappa shape index (κ3) is 7.01. The highest BCUT2D eigenvalue weighted by Gasteiger charge is 2.22. The monoisotopic (exact) mass is 521 g/mol. The molecular formula is C30H39N3O5. The van der Waals surface area contributed by atoms with E-state index in [0.717, 1.165) is 42.3 Å². The number of aryl methyl sites for hydroxylation is 2. The van der Waals surface area contributed by atoms with Gasteiger partial charge in [-0.2, -0.15) is 0 Å². The van der Waals surface area contributed by atoms with E-state index in [1.165, 1.54) is 5.56 Å². The number of morpholine rings is 1. The van der Waals surface area contributed by atoms with E-state index in [1.807, 2.05) is 53.6 Å². The van der Waals surface area contributed by atoms with Crippen LogP contribution in [0.1, 0.15) is 39.1 Å². The van der Waals surface area contributed by atoms with Crippen molar-refractivity contribution >= 4 is 22.7 Å². The Bertz CT molecular complexity index is 1180. The number of methoxy groups -OCH3 is 2. The van der Waals surface area contributed by atoms with Gasteiger partial charge < -0.3 is 28.6 Å². The molecule has 0 saturated carbocycles. The second kappa shape index (κ2) is 14.1. The average Bonchev–Trinajstić information content (AvgIpc) is 3.34. The van der Waals surface area contributed by atoms with Crippen molar-refractivity contribution in [1.29, 1.82) is 0 Å². The summed E-state index contributed by atoms with van der Waals surface area (Å²) in [7, 11) is 3.27. The first kappa shape index (κ1) is 27.8. The van der Waals surface area contributed by atoms with E-state index in [2.05, 4.69) is 10.6 Å². The van der Waals surface area contributed by atoms with Gasteiger partial charge in [-0.3, -0.25) is 9.59 Å². The summed E-state index contributed by atoms with van der Waals surface area (Å²) in [6.07, 6.45) is 4.96. The summed E-state index contributed by atoms with van der Waals surface area (Å²) in [5.74, 6) is 0.0773. The molecule has 0 unspecified atom stereocenters. The van der Waals surface area contributed by atoms with E-state index < -0.39 is 0 Å². The molecule has 1 aromatic heterocycles. The molecule has 8 heteroatoms. The second-order valence-corrected chi connectivity index (χ2v) is 9.59. The summed E-state index contributed by atoms with van der Waals surface area (Å²) in [4.78, 5) is 29.8. The summed E-state index contributed by atoms with van der Waals surface area (Å²) in [5, 5.41) is 1.01. The molecule has 38 heavy (non-hydrogen) atoms. The van der Waals surface area contributed by atoms with Crippen molar-refractivity contribution in [3.8, 4) is 0 Å². The van der Waals surface area contributed by atoms with Gasteiger partial charge in [0, 0.05) is 69.6 Å². The Morgan fingerprint density at radius 3 is 2.29 bits per heavy atom. The minimum Gasteiger partial charge on any atom is -0.383 e. The Kier molecular flexibility index (Phi) is 10.3. The number of fused-ring (bicyclic) bond motifs is 1. The normalized spacial score (nSPS) is 13.7. The van der Waals surface area contributed by atoms with Crippen LogP contribution < -0.4 is 0 Å². The molecule has 4 rings (SSSR count). The van der Waals surface area contributed by atoms with Crippen LogP contribution in [0.15, 0.2) is 54.7 Å². The second-order valence-electron chi connectivity index (χ2n) is 9.59. The standard InChI is InChI=1S/C30H39N3O5/c1-36-19-15-31(16-20-37-2)29(34)25-12-10-24(11-13-25)7-5-6-14-33-23-27(26-8-3-4-9-28(26)33)30(35)32-17-21-38-22-18-32/h3-4,8-13,23H,5-7,14-22H2,1-2H3. The number of aromatic nitrogens is 1. The van der Waals surface area contributed by atoms with Gasteiger partial charge in [-0.25, -0.2) is 0 Å². The molecule has 0 aliphatic carbocycles. The van der Waals surface area contributed by atoms with Crippen molar-refractivity contribution in [1.82, 2.24) is 14.4 Å². The van der Waals surface area contributed by atoms with Crippen LogP contribution in [0.5, 0.6) is 0 Å². The van der Waals surface area contributed by atoms with E-state index in [4.69, 9.17) is 14.2 Å². The van der Waals surface area contributed by atoms with E-state index >= 15 is 0 Å². The number of hydrogen-bond donors (Lipinski definition) is 0. The van der Waals surface area contributed by atoms with Crippen molar-refractivity contribution in [2.45, 2.75) is 25.8 Å². The SMILES string of the molecule is COCCN(CCOC)C(=O)c1ccc(CCCCn2cc(C(=O)N3CCOCC3)c3ccccc32)cc1. The largest absolute Gasteiger partial charge is 0.383 e. The van der Waals surface area contributed by atoms with Gasteiger partial charge in [-0.15, -0.1) is 0 Å². The van der Waals surface area contributed by atoms with Crippen LogP contribution in [-0.4, -0.2) is 93.0 Å². The first-order valence-electron chi connectivity index (χ1n) is 13.4. The molecule has 204 valence electrons. The molecule has 2 aromatic carbocycles. The molecule has 2 heterocycles. The predicted molar refractivity (Wildman–Crippen MR) is 148 cm³/mol. The lowest BCUT2D eigenvalue weighted by atomic mass is 10.1. The van der Waals surface area contributed by atoms with Crippen LogP contribution in [-0.2, 0) is 27.2 Å². The average molecular weight is 522 g/mol. The Balaban J connectivity index is 1.32. The first-order chi connectivity index (χ1) is 18.6. The fourth-order valence-electron chi connectivity index (χ4n) is 4.86. The number of amides is 2. The van der Waals surface area contributed by atoms with Gasteiger partial charge in [-0.1, -0.05) is 30.3 Å². The van der Waals surface area contributed by atoms with Crippen molar-refractivity contribution in [3.63, 3.8) is 0 Å². The van der Waals surface area contributed by atoms with Gasteiger partial charge in [0.2, 0.25) is 0 Å². The number of carbonyl (C=O) groups excluding carboxylic acids is 2. The highest BCUT2D eigenvalue weighted by molar-refractivity contribution is 6.07. The molecule has 1 aliphatic rings. The van der Waals surface area contributed by atoms with Crippen molar-refractivity contribution in [2.24, 2.45) is 0 Å². The summed E-state index contributed by atoms with van der Waals surface area (Å²) in [6.45, 7) is 5.38. The van der Waals surface area contributed by atoms with Crippen LogP contribution in [0.4, 0.5) is 0 Å². The lowest BCUT2D eigenvalue weighted by molar-refractivity contribution is 0.0304. The number of rotatable bonds is 13. The number of ether oxygens (including phenoxy) is 3. The molecule has 2 amide bonds. The smallest absolute Gasteiger partial charge is 0.256 e. The van der Waals surface area contributed by atoms with Crippen LogP contribution in [0, 0.1) is 0 Å². The zero-order valence-corrected chi connectivity index (χ0v) is 22.6. The number of para-hydroxylation sites is 1. The molecule has 1 aliphatic heterocycles. The highest BCUT2D eigenvalue weighted by Crippen LogP contribution is 2.24.